The van der Waals surface area contributed by atoms with Gasteiger partial charge in [0.05, 0.1) is 5.69 Å². The number of aryl methyl sites for hydroxylation is 2. The summed E-state index contributed by atoms with van der Waals surface area (Å²) in [5.74, 6) is 0. The predicted octanol–water partition coefficient (Wildman–Crippen LogP) is 0.262. The monoisotopic (exact) mass is 194 g/mol. The van der Waals surface area contributed by atoms with E-state index in [9.17, 15) is 0 Å². The molecule has 1 aromatic heterocycles. The molecule has 1 unspecified atom stereocenters. The molecule has 0 saturated carbocycles. The Hall–Kier alpha value is -0.870. The van der Waals surface area contributed by atoms with Crippen molar-refractivity contribution in [2.24, 2.45) is 12.8 Å². The van der Waals surface area contributed by atoms with E-state index in [-0.39, 0.29) is 0 Å². The fraction of sp³-hybridized carbons (Fsp3) is 0.700. The Balaban J connectivity index is 2.00. The van der Waals surface area contributed by atoms with Gasteiger partial charge in [0.2, 0.25) is 0 Å². The van der Waals surface area contributed by atoms with Gasteiger partial charge in [0.1, 0.15) is 0 Å². The van der Waals surface area contributed by atoms with Crippen LogP contribution in [0.15, 0.2) is 6.20 Å². The summed E-state index contributed by atoms with van der Waals surface area (Å²) in [7, 11) is 1.97. The topological polar surface area (TPSA) is 47.1 Å². The largest absolute Gasteiger partial charge is 0.329 e. The second kappa shape index (κ2) is 3.71. The van der Waals surface area contributed by atoms with Crippen LogP contribution in [0.25, 0.3) is 0 Å². The molecule has 1 aromatic rings. The van der Waals surface area contributed by atoms with E-state index < -0.39 is 0 Å². The Kier molecular flexibility index (Phi) is 2.56. The molecule has 1 aliphatic heterocycles. The van der Waals surface area contributed by atoms with Gasteiger partial charge in [-0.2, -0.15) is 5.10 Å². The normalized spacial score (nSPS) is 22.4. The van der Waals surface area contributed by atoms with E-state index >= 15 is 0 Å². The van der Waals surface area contributed by atoms with E-state index in [0.29, 0.717) is 6.04 Å². The van der Waals surface area contributed by atoms with E-state index in [1.165, 1.54) is 18.5 Å². The molecule has 1 fully saturated rings. The molecular weight excluding hydrogens is 176 g/mol. The first-order valence-electron chi connectivity index (χ1n) is 5.14. The standard InChI is InChI=1S/C10H18N4/c1-8-9(6-13(2)12-8)7-14-4-3-10(14)5-11/h6,10H,3-5,7,11H2,1-2H3. The summed E-state index contributed by atoms with van der Waals surface area (Å²) in [5, 5.41) is 4.33. The fourth-order valence-corrected chi connectivity index (χ4v) is 1.99. The van der Waals surface area contributed by atoms with Gasteiger partial charge in [-0.1, -0.05) is 0 Å². The summed E-state index contributed by atoms with van der Waals surface area (Å²) in [6.07, 6.45) is 3.34. The van der Waals surface area contributed by atoms with Crippen LogP contribution in [0.1, 0.15) is 17.7 Å². The lowest BCUT2D eigenvalue weighted by molar-refractivity contribution is 0.0880. The molecule has 2 heterocycles. The molecule has 0 spiro atoms. The zero-order valence-corrected chi connectivity index (χ0v) is 8.90. The second-order valence-electron chi connectivity index (χ2n) is 4.06. The lowest BCUT2D eigenvalue weighted by Gasteiger charge is -2.40. The lowest BCUT2D eigenvalue weighted by Crippen LogP contribution is -2.50. The fourth-order valence-electron chi connectivity index (χ4n) is 1.99. The summed E-state index contributed by atoms with van der Waals surface area (Å²) in [6, 6.07) is 0.592. The molecule has 4 heteroatoms. The van der Waals surface area contributed by atoms with Crippen molar-refractivity contribution >= 4 is 0 Å². The zero-order chi connectivity index (χ0) is 10.1. The van der Waals surface area contributed by atoms with Crippen molar-refractivity contribution in [2.75, 3.05) is 13.1 Å². The maximum absolute atomic E-state index is 5.66. The van der Waals surface area contributed by atoms with Crippen molar-refractivity contribution in [3.8, 4) is 0 Å². The van der Waals surface area contributed by atoms with Gasteiger partial charge in [0.15, 0.2) is 0 Å². The van der Waals surface area contributed by atoms with Gasteiger partial charge < -0.3 is 5.73 Å². The summed E-state index contributed by atoms with van der Waals surface area (Å²) in [6.45, 7) is 5.02. The molecule has 1 atom stereocenters. The van der Waals surface area contributed by atoms with E-state index in [1.54, 1.807) is 0 Å². The number of nitrogens with zero attached hydrogens (tertiary/aromatic N) is 3. The highest BCUT2D eigenvalue weighted by Gasteiger charge is 2.26. The van der Waals surface area contributed by atoms with Gasteiger partial charge in [-0.25, -0.2) is 0 Å². The molecule has 14 heavy (non-hydrogen) atoms. The molecule has 0 aliphatic carbocycles. The molecule has 2 N–H and O–H groups in total. The lowest BCUT2D eigenvalue weighted by atomic mass is 10.0. The average molecular weight is 194 g/mol. The molecular formula is C10H18N4. The first kappa shape index (κ1) is 9.68. The average Bonchev–Trinajstić information content (AvgIpc) is 2.40. The van der Waals surface area contributed by atoms with Gasteiger partial charge in [-0.05, 0) is 13.3 Å². The molecule has 0 radical (unpaired) electrons. The van der Waals surface area contributed by atoms with E-state index in [2.05, 4.69) is 23.1 Å². The van der Waals surface area contributed by atoms with Crippen LogP contribution in [0.4, 0.5) is 0 Å². The SMILES string of the molecule is Cc1nn(C)cc1CN1CCC1CN. The van der Waals surface area contributed by atoms with Crippen LogP contribution in [-0.4, -0.2) is 33.8 Å². The Labute approximate surface area is 84.7 Å². The highest BCUT2D eigenvalue weighted by atomic mass is 15.3. The Bertz CT molecular complexity index is 316. The van der Waals surface area contributed by atoms with Gasteiger partial charge >= 0.3 is 0 Å². The minimum absolute atomic E-state index is 0.592. The van der Waals surface area contributed by atoms with E-state index in [4.69, 9.17) is 5.73 Å². The summed E-state index contributed by atoms with van der Waals surface area (Å²) < 4.78 is 1.88. The minimum Gasteiger partial charge on any atom is -0.329 e. The Morgan fingerprint density at radius 3 is 2.86 bits per heavy atom. The number of hydrogen-bond donors (Lipinski definition) is 1. The third kappa shape index (κ3) is 1.67. The van der Waals surface area contributed by atoms with E-state index in [1.807, 2.05) is 11.7 Å². The zero-order valence-electron chi connectivity index (χ0n) is 8.90. The van der Waals surface area contributed by atoms with Crippen molar-refractivity contribution < 1.29 is 0 Å². The first-order chi connectivity index (χ1) is 6.70. The maximum atomic E-state index is 5.66. The molecule has 0 aromatic carbocycles. The first-order valence-corrected chi connectivity index (χ1v) is 5.14. The van der Waals surface area contributed by atoms with Crippen molar-refractivity contribution in [3.63, 3.8) is 0 Å². The van der Waals surface area contributed by atoms with Crippen molar-refractivity contribution in [1.82, 2.24) is 14.7 Å². The summed E-state index contributed by atoms with van der Waals surface area (Å²) in [4.78, 5) is 2.42. The van der Waals surface area contributed by atoms with Crippen molar-refractivity contribution in [1.29, 1.82) is 0 Å². The van der Waals surface area contributed by atoms with Crippen LogP contribution in [0.5, 0.6) is 0 Å². The Morgan fingerprint density at radius 1 is 1.64 bits per heavy atom. The number of likely N-dealkylation sites (tertiary alicyclic amines) is 1. The van der Waals surface area contributed by atoms with Crippen LogP contribution >= 0.6 is 0 Å². The van der Waals surface area contributed by atoms with Gasteiger partial charge in [0, 0.05) is 44.5 Å². The quantitative estimate of drug-likeness (QED) is 0.751. The highest BCUT2D eigenvalue weighted by Crippen LogP contribution is 2.20. The molecule has 1 aliphatic rings. The minimum atomic E-state index is 0.592. The molecule has 1 saturated heterocycles. The summed E-state index contributed by atoms with van der Waals surface area (Å²) in [5.41, 5.74) is 8.12. The van der Waals surface area contributed by atoms with Crippen molar-refractivity contribution in [2.45, 2.75) is 25.9 Å². The van der Waals surface area contributed by atoms with Crippen LogP contribution in [0.3, 0.4) is 0 Å². The summed E-state index contributed by atoms with van der Waals surface area (Å²) >= 11 is 0. The van der Waals surface area contributed by atoms with E-state index in [0.717, 1.165) is 18.8 Å². The third-order valence-corrected chi connectivity index (χ3v) is 3.03. The van der Waals surface area contributed by atoms with Crippen molar-refractivity contribution in [3.05, 3.63) is 17.5 Å². The van der Waals surface area contributed by atoms with Crippen LogP contribution in [0, 0.1) is 6.92 Å². The Morgan fingerprint density at radius 2 is 2.43 bits per heavy atom. The highest BCUT2D eigenvalue weighted by molar-refractivity contribution is 5.15. The molecule has 0 amide bonds. The van der Waals surface area contributed by atoms with Crippen LogP contribution in [0.2, 0.25) is 0 Å². The smallest absolute Gasteiger partial charge is 0.0638 e. The van der Waals surface area contributed by atoms with Gasteiger partial charge in [0.25, 0.3) is 0 Å². The third-order valence-electron chi connectivity index (χ3n) is 3.03. The van der Waals surface area contributed by atoms with Crippen LogP contribution < -0.4 is 5.73 Å². The second-order valence-corrected chi connectivity index (χ2v) is 4.06. The van der Waals surface area contributed by atoms with Gasteiger partial charge in [-0.15, -0.1) is 0 Å². The number of aromatic nitrogens is 2. The number of hydrogen-bond acceptors (Lipinski definition) is 3. The number of rotatable bonds is 3. The molecule has 78 valence electrons. The number of nitrogens with two attached hydrogens (primary N) is 1. The van der Waals surface area contributed by atoms with Gasteiger partial charge in [-0.3, -0.25) is 9.58 Å². The molecule has 0 bridgehead atoms. The molecule has 4 nitrogen and oxygen atoms in total. The maximum Gasteiger partial charge on any atom is 0.0638 e. The molecule has 2 rings (SSSR count). The predicted molar refractivity (Wildman–Crippen MR) is 55.8 cm³/mol. The van der Waals surface area contributed by atoms with Crippen LogP contribution in [-0.2, 0) is 13.6 Å².